The van der Waals surface area contributed by atoms with Crippen LogP contribution in [-0.4, -0.2) is 17.7 Å². The summed E-state index contributed by atoms with van der Waals surface area (Å²) in [6, 6.07) is 26.8. The summed E-state index contributed by atoms with van der Waals surface area (Å²) in [6.45, 7) is 0. The zero-order valence-electron chi connectivity index (χ0n) is 13.6. The molecule has 0 bridgehead atoms. The van der Waals surface area contributed by atoms with E-state index in [4.69, 9.17) is 12.2 Å². The number of hydrogen-bond acceptors (Lipinski definition) is 4. The van der Waals surface area contributed by atoms with Crippen LogP contribution >= 0.6 is 24.0 Å². The number of thiocarbonyl (C=S) groups is 1. The molecule has 0 heterocycles. The van der Waals surface area contributed by atoms with Crippen LogP contribution < -0.4 is 0 Å². The van der Waals surface area contributed by atoms with Gasteiger partial charge in [-0.15, -0.1) is 0 Å². The Morgan fingerprint density at radius 2 is 1.19 bits per heavy atom. The number of rotatable bonds is 4. The number of sulfonamides is 1. The molecule has 0 saturated carbocycles. The van der Waals surface area contributed by atoms with Gasteiger partial charge in [-0.3, -0.25) is 0 Å². The predicted octanol–water partition coefficient (Wildman–Crippen LogP) is 4.93. The first-order chi connectivity index (χ1) is 12.6. The molecule has 0 amide bonds. The first-order valence-corrected chi connectivity index (χ1v) is 10.5. The maximum Gasteiger partial charge on any atom is 0.283 e. The van der Waals surface area contributed by atoms with Gasteiger partial charge >= 0.3 is 0 Å². The Morgan fingerprint density at radius 1 is 0.731 bits per heavy atom. The van der Waals surface area contributed by atoms with Gasteiger partial charge in [-0.25, -0.2) is 0 Å². The van der Waals surface area contributed by atoms with Crippen LogP contribution in [0.4, 0.5) is 0 Å². The molecular weight excluding hydrogens is 382 g/mol. The zero-order valence-corrected chi connectivity index (χ0v) is 16.1. The highest BCUT2D eigenvalue weighted by Crippen LogP contribution is 2.23. The van der Waals surface area contributed by atoms with Gasteiger partial charge in [0.2, 0.25) is 0 Å². The third-order valence-electron chi connectivity index (χ3n) is 3.46. The minimum absolute atomic E-state index is 0.152. The van der Waals surface area contributed by atoms with Crippen LogP contribution in [0.3, 0.4) is 0 Å². The van der Waals surface area contributed by atoms with E-state index in [1.165, 1.54) is 23.9 Å². The highest BCUT2D eigenvalue weighted by atomic mass is 32.2. The lowest BCUT2D eigenvalue weighted by atomic mass is 10.2. The van der Waals surface area contributed by atoms with E-state index < -0.39 is 10.0 Å². The van der Waals surface area contributed by atoms with Crippen LogP contribution in [0.5, 0.6) is 0 Å². The smallest absolute Gasteiger partial charge is 0.199 e. The molecule has 0 saturated heterocycles. The summed E-state index contributed by atoms with van der Waals surface area (Å²) in [5.74, 6) is 0. The van der Waals surface area contributed by atoms with E-state index >= 15 is 0 Å². The summed E-state index contributed by atoms with van der Waals surface area (Å²) < 4.78 is 30.0. The maximum absolute atomic E-state index is 12.7. The SMILES string of the molecule is O=S(=O)(N=C(SC(=S)c1ccccc1)c1ccccc1)c1ccccc1. The molecule has 0 unspecified atom stereocenters. The topological polar surface area (TPSA) is 46.5 Å². The summed E-state index contributed by atoms with van der Waals surface area (Å²) in [7, 11) is -3.83. The quantitative estimate of drug-likeness (QED) is 0.356. The van der Waals surface area contributed by atoms with Crippen LogP contribution in [0.25, 0.3) is 0 Å². The Hall–Kier alpha value is -2.28. The Kier molecular flexibility index (Phi) is 5.98. The third-order valence-corrected chi connectivity index (χ3v) is 6.30. The Bertz CT molecular complexity index is 1020. The Balaban J connectivity index is 2.01. The van der Waals surface area contributed by atoms with Gasteiger partial charge < -0.3 is 0 Å². The summed E-state index contributed by atoms with van der Waals surface area (Å²) in [5.41, 5.74) is 1.56. The highest BCUT2D eigenvalue weighted by Gasteiger charge is 2.17. The van der Waals surface area contributed by atoms with Crippen LogP contribution in [0.1, 0.15) is 11.1 Å². The van der Waals surface area contributed by atoms with Crippen molar-refractivity contribution in [2.45, 2.75) is 4.90 Å². The van der Waals surface area contributed by atoms with Crippen LogP contribution in [0.2, 0.25) is 0 Å². The second-order valence-electron chi connectivity index (χ2n) is 5.31. The molecule has 3 aromatic rings. The first-order valence-electron chi connectivity index (χ1n) is 7.79. The predicted molar refractivity (Wildman–Crippen MR) is 112 cm³/mol. The molecule has 0 aromatic heterocycles. The molecule has 0 fully saturated rings. The standard InChI is InChI=1S/C20H15NO2S3/c22-26(23,18-14-8-3-9-15-18)21-19(16-10-4-1-5-11-16)25-20(24)17-12-6-2-7-13-17/h1-15H. The van der Waals surface area contributed by atoms with Gasteiger partial charge in [0.15, 0.2) is 0 Å². The number of thioether (sulfide) groups is 1. The van der Waals surface area contributed by atoms with Crippen molar-refractivity contribution in [1.29, 1.82) is 0 Å². The average molecular weight is 398 g/mol. The van der Waals surface area contributed by atoms with Crippen molar-refractivity contribution in [1.82, 2.24) is 0 Å². The van der Waals surface area contributed by atoms with E-state index in [0.717, 1.165) is 5.56 Å². The van der Waals surface area contributed by atoms with E-state index in [0.29, 0.717) is 14.8 Å². The molecule has 3 aromatic carbocycles. The minimum Gasteiger partial charge on any atom is -0.199 e. The molecule has 130 valence electrons. The van der Waals surface area contributed by atoms with E-state index in [9.17, 15) is 8.42 Å². The van der Waals surface area contributed by atoms with Crippen LogP contribution in [0.15, 0.2) is 100 Å². The lowest BCUT2D eigenvalue weighted by Gasteiger charge is -2.08. The molecule has 26 heavy (non-hydrogen) atoms. The lowest BCUT2D eigenvalue weighted by Crippen LogP contribution is -2.06. The average Bonchev–Trinajstić information content (AvgIpc) is 2.69. The minimum atomic E-state index is -3.83. The van der Waals surface area contributed by atoms with Gasteiger partial charge in [0, 0.05) is 5.56 Å². The highest BCUT2D eigenvalue weighted by molar-refractivity contribution is 8.34. The molecule has 0 atom stereocenters. The third kappa shape index (κ3) is 4.66. The molecule has 3 rings (SSSR count). The van der Waals surface area contributed by atoms with Gasteiger partial charge in [0.1, 0.15) is 5.04 Å². The summed E-state index contributed by atoms with van der Waals surface area (Å²) in [4.78, 5) is 0.152. The molecule has 3 nitrogen and oxygen atoms in total. The largest absolute Gasteiger partial charge is 0.283 e. The van der Waals surface area contributed by atoms with Crippen LogP contribution in [-0.2, 0) is 10.0 Å². The monoisotopic (exact) mass is 397 g/mol. The van der Waals surface area contributed by atoms with Crippen molar-refractivity contribution >= 4 is 43.2 Å². The van der Waals surface area contributed by atoms with Gasteiger partial charge in [0.25, 0.3) is 10.0 Å². The molecule has 0 radical (unpaired) electrons. The van der Waals surface area contributed by atoms with Gasteiger partial charge in [-0.2, -0.15) is 12.8 Å². The fourth-order valence-electron chi connectivity index (χ4n) is 2.19. The summed E-state index contributed by atoms with van der Waals surface area (Å²) in [6.07, 6.45) is 0. The number of nitrogens with zero attached hydrogens (tertiary/aromatic N) is 1. The van der Waals surface area contributed by atoms with Crippen molar-refractivity contribution in [3.05, 3.63) is 102 Å². The lowest BCUT2D eigenvalue weighted by molar-refractivity contribution is 0.598. The molecule has 0 aliphatic carbocycles. The fraction of sp³-hybridized carbons (Fsp3) is 0. The molecular formula is C20H15NO2S3. The molecule has 0 N–H and O–H groups in total. The van der Waals surface area contributed by atoms with E-state index in [-0.39, 0.29) is 4.90 Å². The number of hydrogen-bond donors (Lipinski definition) is 0. The first kappa shape index (κ1) is 18.5. The maximum atomic E-state index is 12.7. The molecule has 0 aliphatic heterocycles. The van der Waals surface area contributed by atoms with Crippen molar-refractivity contribution in [2.75, 3.05) is 0 Å². The van der Waals surface area contributed by atoms with Crippen LogP contribution in [0, 0.1) is 0 Å². The molecule has 0 spiro atoms. The zero-order chi connectivity index (χ0) is 18.4. The molecule has 6 heteroatoms. The Labute approximate surface area is 162 Å². The van der Waals surface area contributed by atoms with Crippen molar-refractivity contribution < 1.29 is 8.42 Å². The van der Waals surface area contributed by atoms with Gasteiger partial charge in [-0.05, 0) is 17.7 Å². The van der Waals surface area contributed by atoms with Crippen molar-refractivity contribution in [2.24, 2.45) is 4.40 Å². The summed E-state index contributed by atoms with van der Waals surface area (Å²) >= 11 is 6.66. The van der Waals surface area contributed by atoms with Gasteiger partial charge in [0.05, 0.1) is 9.09 Å². The second-order valence-corrected chi connectivity index (χ2v) is 8.58. The van der Waals surface area contributed by atoms with E-state index in [1.807, 2.05) is 60.7 Å². The van der Waals surface area contributed by atoms with Gasteiger partial charge in [-0.1, -0.05) is 103 Å². The Morgan fingerprint density at radius 3 is 1.73 bits per heavy atom. The van der Waals surface area contributed by atoms with E-state index in [1.54, 1.807) is 18.2 Å². The fourth-order valence-corrected chi connectivity index (χ4v) is 4.62. The van der Waals surface area contributed by atoms with Crippen molar-refractivity contribution in [3.63, 3.8) is 0 Å². The van der Waals surface area contributed by atoms with E-state index in [2.05, 4.69) is 4.40 Å². The normalized spacial score (nSPS) is 11.9. The molecule has 0 aliphatic rings. The summed E-state index contributed by atoms with van der Waals surface area (Å²) in [5, 5.41) is 0.350. The second kappa shape index (κ2) is 8.40. The number of benzene rings is 3. The van der Waals surface area contributed by atoms with Crippen molar-refractivity contribution in [3.8, 4) is 0 Å².